The highest BCUT2D eigenvalue weighted by molar-refractivity contribution is 6.12. The molecular formula is C17H13FN4O. The average Bonchev–Trinajstić information content (AvgIpc) is 3.10. The Kier molecular flexibility index (Phi) is 3.08. The zero-order chi connectivity index (χ0) is 15.8. The summed E-state index contributed by atoms with van der Waals surface area (Å²) in [5.74, 6) is 0.102. The summed E-state index contributed by atoms with van der Waals surface area (Å²) >= 11 is 0. The van der Waals surface area contributed by atoms with Crippen molar-refractivity contribution in [3.05, 3.63) is 78.1 Å². The molecule has 0 saturated carbocycles. The Balaban J connectivity index is 1.85. The lowest BCUT2D eigenvalue weighted by atomic mass is 10.1. The van der Waals surface area contributed by atoms with Gasteiger partial charge in [0.25, 0.3) is 5.91 Å². The molecule has 1 aliphatic heterocycles. The summed E-state index contributed by atoms with van der Waals surface area (Å²) in [6.07, 6.45) is 2.84. The quantitative estimate of drug-likeness (QED) is 0.763. The van der Waals surface area contributed by atoms with Gasteiger partial charge in [-0.2, -0.15) is 0 Å². The SMILES string of the molecule is O=C1c2ccccc2N[C@@H](c2ncc[nH]2)N1c1ccc(F)cc1. The van der Waals surface area contributed by atoms with Gasteiger partial charge in [-0.1, -0.05) is 12.1 Å². The van der Waals surface area contributed by atoms with Crippen molar-refractivity contribution in [2.75, 3.05) is 10.2 Å². The Hall–Kier alpha value is -3.15. The van der Waals surface area contributed by atoms with E-state index in [9.17, 15) is 9.18 Å². The molecule has 114 valence electrons. The van der Waals surface area contributed by atoms with E-state index >= 15 is 0 Å². The fourth-order valence-electron chi connectivity index (χ4n) is 2.74. The van der Waals surface area contributed by atoms with Crippen LogP contribution in [0.5, 0.6) is 0 Å². The summed E-state index contributed by atoms with van der Waals surface area (Å²) in [6.45, 7) is 0. The van der Waals surface area contributed by atoms with Gasteiger partial charge in [-0.3, -0.25) is 9.69 Å². The maximum Gasteiger partial charge on any atom is 0.262 e. The lowest BCUT2D eigenvalue weighted by molar-refractivity contribution is 0.0974. The summed E-state index contributed by atoms with van der Waals surface area (Å²) in [5.41, 5.74) is 1.91. The Bertz CT molecular complexity index is 845. The maximum atomic E-state index is 13.2. The van der Waals surface area contributed by atoms with Crippen LogP contribution < -0.4 is 10.2 Å². The molecule has 0 spiro atoms. The molecule has 2 aromatic carbocycles. The smallest absolute Gasteiger partial charge is 0.262 e. The van der Waals surface area contributed by atoms with Crippen LogP contribution in [0.2, 0.25) is 0 Å². The molecule has 1 aromatic heterocycles. The number of nitrogens with zero attached hydrogens (tertiary/aromatic N) is 2. The molecule has 23 heavy (non-hydrogen) atoms. The van der Waals surface area contributed by atoms with Crippen molar-refractivity contribution in [1.29, 1.82) is 0 Å². The monoisotopic (exact) mass is 308 g/mol. The molecule has 2 N–H and O–H groups in total. The van der Waals surface area contributed by atoms with Crippen LogP contribution in [0, 0.1) is 5.82 Å². The van der Waals surface area contributed by atoms with Crippen LogP contribution in [0.4, 0.5) is 15.8 Å². The second-order valence-electron chi connectivity index (χ2n) is 5.22. The van der Waals surface area contributed by atoms with Crippen LogP contribution in [-0.4, -0.2) is 15.9 Å². The number of benzene rings is 2. The van der Waals surface area contributed by atoms with Crippen LogP contribution in [0.1, 0.15) is 22.3 Å². The molecule has 0 saturated heterocycles. The first-order valence-corrected chi connectivity index (χ1v) is 7.18. The maximum absolute atomic E-state index is 13.2. The van der Waals surface area contributed by atoms with Crippen molar-refractivity contribution in [3.8, 4) is 0 Å². The number of aromatic amines is 1. The first kappa shape index (κ1) is 13.5. The number of para-hydroxylation sites is 1. The number of H-pyrrole nitrogens is 1. The van der Waals surface area contributed by atoms with E-state index in [1.54, 1.807) is 35.5 Å². The van der Waals surface area contributed by atoms with Crippen molar-refractivity contribution in [1.82, 2.24) is 9.97 Å². The lowest BCUT2D eigenvalue weighted by Gasteiger charge is -2.36. The molecule has 0 fully saturated rings. The van der Waals surface area contributed by atoms with Gasteiger partial charge in [0.2, 0.25) is 0 Å². The number of halogens is 1. The zero-order valence-corrected chi connectivity index (χ0v) is 12.0. The number of carbonyl (C=O) groups is 1. The lowest BCUT2D eigenvalue weighted by Crippen LogP contribution is -2.43. The highest BCUT2D eigenvalue weighted by atomic mass is 19.1. The van der Waals surface area contributed by atoms with Crippen LogP contribution in [-0.2, 0) is 0 Å². The topological polar surface area (TPSA) is 61.0 Å². The van der Waals surface area contributed by atoms with E-state index in [4.69, 9.17) is 0 Å². The molecule has 0 bridgehead atoms. The summed E-state index contributed by atoms with van der Waals surface area (Å²) in [6, 6.07) is 13.1. The Labute approximate surface area is 131 Å². The highest BCUT2D eigenvalue weighted by Crippen LogP contribution is 2.35. The van der Waals surface area contributed by atoms with Gasteiger partial charge in [0.15, 0.2) is 6.17 Å². The Morgan fingerprint density at radius 2 is 1.87 bits per heavy atom. The third kappa shape index (κ3) is 2.24. The van der Waals surface area contributed by atoms with E-state index in [2.05, 4.69) is 15.3 Å². The van der Waals surface area contributed by atoms with E-state index < -0.39 is 6.17 Å². The van der Waals surface area contributed by atoms with E-state index in [0.29, 0.717) is 17.1 Å². The molecule has 0 unspecified atom stereocenters. The molecule has 3 aromatic rings. The summed E-state index contributed by atoms with van der Waals surface area (Å²) in [7, 11) is 0. The predicted molar refractivity (Wildman–Crippen MR) is 84.6 cm³/mol. The Morgan fingerprint density at radius 3 is 2.61 bits per heavy atom. The molecule has 2 heterocycles. The molecule has 5 nitrogen and oxygen atoms in total. The number of rotatable bonds is 2. The number of aromatic nitrogens is 2. The highest BCUT2D eigenvalue weighted by Gasteiger charge is 2.35. The van der Waals surface area contributed by atoms with E-state index in [-0.39, 0.29) is 11.7 Å². The average molecular weight is 308 g/mol. The summed E-state index contributed by atoms with van der Waals surface area (Å²) in [4.78, 5) is 21.8. The number of imidazole rings is 1. The van der Waals surface area contributed by atoms with Crippen LogP contribution in [0.3, 0.4) is 0 Å². The van der Waals surface area contributed by atoms with Gasteiger partial charge >= 0.3 is 0 Å². The molecular weight excluding hydrogens is 295 g/mol. The largest absolute Gasteiger partial charge is 0.358 e. The number of amides is 1. The Morgan fingerprint density at radius 1 is 1.09 bits per heavy atom. The second-order valence-corrected chi connectivity index (χ2v) is 5.22. The van der Waals surface area contributed by atoms with E-state index in [1.165, 1.54) is 12.1 Å². The standard InChI is InChI=1S/C17H13FN4O/c18-11-5-7-12(8-6-11)22-16(15-19-9-10-20-15)21-14-4-2-1-3-13(14)17(22)23/h1-10,16,21H,(H,19,20)/t16-/m1/s1. The second kappa shape index (κ2) is 5.24. The predicted octanol–water partition coefficient (Wildman–Crippen LogP) is 3.32. The number of hydrogen-bond acceptors (Lipinski definition) is 3. The van der Waals surface area contributed by atoms with Crippen molar-refractivity contribution in [3.63, 3.8) is 0 Å². The normalized spacial score (nSPS) is 16.8. The number of carbonyl (C=O) groups excluding carboxylic acids is 1. The van der Waals surface area contributed by atoms with Gasteiger partial charge in [-0.25, -0.2) is 9.37 Å². The first-order chi connectivity index (χ1) is 11.2. The molecule has 6 heteroatoms. The zero-order valence-electron chi connectivity index (χ0n) is 12.0. The van der Waals surface area contributed by atoms with E-state index in [0.717, 1.165) is 5.69 Å². The van der Waals surface area contributed by atoms with Crippen LogP contribution in [0.15, 0.2) is 60.9 Å². The number of fused-ring (bicyclic) bond motifs is 1. The fraction of sp³-hybridized carbons (Fsp3) is 0.0588. The third-order valence-electron chi connectivity index (χ3n) is 3.81. The summed E-state index contributed by atoms with van der Waals surface area (Å²) < 4.78 is 13.2. The molecule has 1 atom stereocenters. The number of anilines is 2. The minimum atomic E-state index is -0.488. The van der Waals surface area contributed by atoms with Crippen molar-refractivity contribution in [2.45, 2.75) is 6.17 Å². The van der Waals surface area contributed by atoms with Gasteiger partial charge in [0.05, 0.1) is 5.56 Å². The number of nitrogens with one attached hydrogen (secondary N) is 2. The molecule has 0 radical (unpaired) electrons. The van der Waals surface area contributed by atoms with Crippen LogP contribution in [0.25, 0.3) is 0 Å². The summed E-state index contributed by atoms with van der Waals surface area (Å²) in [5, 5.41) is 3.31. The van der Waals surface area contributed by atoms with Crippen molar-refractivity contribution < 1.29 is 9.18 Å². The molecule has 0 aliphatic carbocycles. The molecule has 1 aliphatic rings. The minimum Gasteiger partial charge on any atom is -0.358 e. The first-order valence-electron chi connectivity index (χ1n) is 7.18. The van der Waals surface area contributed by atoms with Crippen molar-refractivity contribution in [2.24, 2.45) is 0 Å². The van der Waals surface area contributed by atoms with Crippen molar-refractivity contribution >= 4 is 17.3 Å². The van der Waals surface area contributed by atoms with E-state index in [1.807, 2.05) is 18.2 Å². The van der Waals surface area contributed by atoms with Crippen LogP contribution >= 0.6 is 0 Å². The molecule has 4 rings (SSSR count). The fourth-order valence-corrected chi connectivity index (χ4v) is 2.74. The molecule has 1 amide bonds. The minimum absolute atomic E-state index is 0.160. The number of hydrogen-bond donors (Lipinski definition) is 2. The third-order valence-corrected chi connectivity index (χ3v) is 3.81. The van der Waals surface area contributed by atoms with Gasteiger partial charge in [0.1, 0.15) is 11.6 Å². The van der Waals surface area contributed by atoms with Gasteiger partial charge in [0, 0.05) is 23.8 Å². The van der Waals surface area contributed by atoms with Gasteiger partial charge in [-0.15, -0.1) is 0 Å². The van der Waals surface area contributed by atoms with Gasteiger partial charge in [-0.05, 0) is 36.4 Å². The van der Waals surface area contributed by atoms with Gasteiger partial charge < -0.3 is 10.3 Å².